The molecule has 1 atom stereocenters. The third-order valence-electron chi connectivity index (χ3n) is 4.31. The molecule has 138 valence electrons. The third kappa shape index (κ3) is 4.08. The quantitative estimate of drug-likeness (QED) is 0.728. The van der Waals surface area contributed by atoms with E-state index in [2.05, 4.69) is 9.97 Å². The second-order valence-corrected chi connectivity index (χ2v) is 7.51. The number of carbonyl (C=O) groups is 1. The lowest BCUT2D eigenvalue weighted by Gasteiger charge is -2.27. The third-order valence-corrected chi connectivity index (χ3v) is 4.31. The van der Waals surface area contributed by atoms with Gasteiger partial charge < -0.3 is 19.8 Å². The van der Waals surface area contributed by atoms with Crippen molar-refractivity contribution in [3.63, 3.8) is 0 Å². The van der Waals surface area contributed by atoms with Crippen LogP contribution >= 0.6 is 0 Å². The number of nitrogens with one attached hydrogen (secondary N) is 1. The van der Waals surface area contributed by atoms with Crippen molar-refractivity contribution in [1.29, 1.82) is 0 Å². The van der Waals surface area contributed by atoms with Crippen LogP contribution in [-0.4, -0.2) is 50.3 Å². The number of ether oxygens (including phenoxy) is 1. The molecule has 0 bridgehead atoms. The molecule has 8 heteroatoms. The average molecular weight is 357 g/mol. The predicted octanol–water partition coefficient (Wildman–Crippen LogP) is 1.83. The Balaban J connectivity index is 1.77. The fourth-order valence-electron chi connectivity index (χ4n) is 3.08. The van der Waals surface area contributed by atoms with E-state index in [1.807, 2.05) is 20.8 Å². The van der Waals surface area contributed by atoms with Gasteiger partial charge in [0.1, 0.15) is 11.4 Å². The summed E-state index contributed by atoms with van der Waals surface area (Å²) in [6, 6.07) is 6.78. The highest BCUT2D eigenvalue weighted by atomic mass is 16.6. The molecule has 1 fully saturated rings. The van der Waals surface area contributed by atoms with Crippen LogP contribution in [0.15, 0.2) is 30.5 Å². The minimum absolute atomic E-state index is 0.128. The number of carbonyl (C=O) groups excluding carboxylic acids is 1. The number of aromatic nitrogens is 2. The smallest absolute Gasteiger partial charge is 0.444 e. The number of nitrogens with zero attached hydrogens (tertiary/aromatic N) is 2. The number of H-pyrrole nitrogens is 1. The lowest BCUT2D eigenvalue weighted by atomic mass is 9.80. The molecule has 7 nitrogen and oxygen atoms in total. The van der Waals surface area contributed by atoms with Crippen LogP contribution in [0.2, 0.25) is 0 Å². The monoisotopic (exact) mass is 357 g/mol. The van der Waals surface area contributed by atoms with Crippen LogP contribution in [0.1, 0.15) is 45.5 Å². The molecule has 0 aliphatic carbocycles. The van der Waals surface area contributed by atoms with E-state index in [1.54, 1.807) is 35.4 Å². The van der Waals surface area contributed by atoms with E-state index >= 15 is 0 Å². The Bertz CT molecular complexity index is 767. The van der Waals surface area contributed by atoms with E-state index in [-0.39, 0.29) is 12.1 Å². The molecule has 1 aromatic heterocycles. The number of benzene rings is 1. The maximum atomic E-state index is 12.4. The first-order valence-corrected chi connectivity index (χ1v) is 8.75. The second-order valence-electron chi connectivity index (χ2n) is 7.51. The molecule has 1 amide bonds. The summed E-state index contributed by atoms with van der Waals surface area (Å²) in [7, 11) is -1.48. The Hall–Kier alpha value is -2.32. The van der Waals surface area contributed by atoms with Crippen LogP contribution < -0.4 is 5.46 Å². The summed E-state index contributed by atoms with van der Waals surface area (Å²) in [4.78, 5) is 21.9. The number of hydrogen-bond donors (Lipinski definition) is 3. The Morgan fingerprint density at radius 3 is 2.62 bits per heavy atom. The summed E-state index contributed by atoms with van der Waals surface area (Å²) in [5.41, 5.74) is 1.60. The molecule has 0 spiro atoms. The van der Waals surface area contributed by atoms with Gasteiger partial charge in [0, 0.05) is 6.54 Å². The van der Waals surface area contributed by atoms with E-state index in [9.17, 15) is 14.8 Å². The molecule has 1 saturated heterocycles. The minimum atomic E-state index is -1.48. The zero-order valence-corrected chi connectivity index (χ0v) is 15.3. The maximum absolute atomic E-state index is 12.4. The molecule has 26 heavy (non-hydrogen) atoms. The molecule has 1 aromatic carbocycles. The lowest BCUT2D eigenvalue weighted by Crippen LogP contribution is -2.36. The molecule has 1 aliphatic heterocycles. The summed E-state index contributed by atoms with van der Waals surface area (Å²) in [6.45, 7) is 6.22. The molecule has 3 N–H and O–H groups in total. The van der Waals surface area contributed by atoms with E-state index in [0.29, 0.717) is 12.0 Å². The highest BCUT2D eigenvalue weighted by Gasteiger charge is 2.34. The Morgan fingerprint density at radius 2 is 2.00 bits per heavy atom. The molecule has 0 radical (unpaired) electrons. The van der Waals surface area contributed by atoms with Crippen molar-refractivity contribution >= 4 is 18.7 Å². The van der Waals surface area contributed by atoms with Crippen LogP contribution in [0.4, 0.5) is 4.79 Å². The van der Waals surface area contributed by atoms with E-state index in [0.717, 1.165) is 29.9 Å². The molecule has 1 aliphatic rings. The number of hydrogen-bond acceptors (Lipinski definition) is 5. The zero-order valence-electron chi connectivity index (χ0n) is 15.3. The predicted molar refractivity (Wildman–Crippen MR) is 98.8 cm³/mol. The van der Waals surface area contributed by atoms with Gasteiger partial charge in [0.2, 0.25) is 0 Å². The van der Waals surface area contributed by atoms with Crippen LogP contribution in [-0.2, 0) is 4.74 Å². The first kappa shape index (κ1) is 18.5. The standard InChI is InChI=1S/C18H24BN3O4/c1-18(2,3)26-17(23)22-10-4-5-15(22)16-20-11-14(21-16)12-6-8-13(9-7-12)19(24)25/h6-9,11,15,24-25H,4-5,10H2,1-3H3,(H,20,21)/t15-/m0/s1. The van der Waals surface area contributed by atoms with Crippen LogP contribution in [0.25, 0.3) is 11.3 Å². The SMILES string of the molecule is CC(C)(C)OC(=O)N1CCC[C@H]1c1ncc(-c2ccc(B(O)O)cc2)[nH]1. The number of amides is 1. The molecule has 3 rings (SSSR count). The maximum Gasteiger partial charge on any atom is 0.488 e. The van der Waals surface area contributed by atoms with Crippen molar-refractivity contribution in [2.45, 2.75) is 45.3 Å². The summed E-state index contributed by atoms with van der Waals surface area (Å²) in [5, 5.41) is 18.4. The molecular formula is C18H24BN3O4. The number of imidazole rings is 1. The number of likely N-dealkylation sites (tertiary alicyclic amines) is 1. The molecular weight excluding hydrogens is 333 g/mol. The first-order valence-electron chi connectivity index (χ1n) is 8.75. The van der Waals surface area contributed by atoms with Crippen molar-refractivity contribution < 1.29 is 19.6 Å². The average Bonchev–Trinajstić information content (AvgIpc) is 3.22. The summed E-state index contributed by atoms with van der Waals surface area (Å²) in [6.07, 6.45) is 3.15. The molecule has 2 heterocycles. The van der Waals surface area contributed by atoms with Crippen LogP contribution in [0, 0.1) is 0 Å². The van der Waals surface area contributed by atoms with Gasteiger partial charge in [-0.2, -0.15) is 0 Å². The zero-order chi connectivity index (χ0) is 18.9. The first-order chi connectivity index (χ1) is 12.2. The Kier molecular flexibility index (Phi) is 5.07. The minimum Gasteiger partial charge on any atom is -0.444 e. The lowest BCUT2D eigenvalue weighted by molar-refractivity contribution is 0.0218. The second kappa shape index (κ2) is 7.13. The van der Waals surface area contributed by atoms with Gasteiger partial charge in [0.05, 0.1) is 17.9 Å². The molecule has 0 unspecified atom stereocenters. The molecule has 0 saturated carbocycles. The summed E-state index contributed by atoms with van der Waals surface area (Å²) < 4.78 is 5.50. The summed E-state index contributed by atoms with van der Waals surface area (Å²) >= 11 is 0. The van der Waals surface area contributed by atoms with Crippen molar-refractivity contribution in [2.24, 2.45) is 0 Å². The number of rotatable bonds is 3. The van der Waals surface area contributed by atoms with Gasteiger partial charge in [0.25, 0.3) is 0 Å². The van der Waals surface area contributed by atoms with Gasteiger partial charge >= 0.3 is 13.2 Å². The van der Waals surface area contributed by atoms with Crippen molar-refractivity contribution in [1.82, 2.24) is 14.9 Å². The number of aromatic amines is 1. The van der Waals surface area contributed by atoms with Gasteiger partial charge in [-0.1, -0.05) is 24.3 Å². The van der Waals surface area contributed by atoms with Gasteiger partial charge in [-0.05, 0) is 44.6 Å². The largest absolute Gasteiger partial charge is 0.488 e. The highest BCUT2D eigenvalue weighted by molar-refractivity contribution is 6.58. The van der Waals surface area contributed by atoms with Crippen LogP contribution in [0.5, 0.6) is 0 Å². The van der Waals surface area contributed by atoms with E-state index in [1.165, 1.54) is 0 Å². The van der Waals surface area contributed by atoms with Crippen molar-refractivity contribution in [2.75, 3.05) is 6.54 Å². The van der Waals surface area contributed by atoms with Gasteiger partial charge in [0.15, 0.2) is 0 Å². The fraction of sp³-hybridized carbons (Fsp3) is 0.444. The van der Waals surface area contributed by atoms with Gasteiger partial charge in [-0.15, -0.1) is 0 Å². The Labute approximate surface area is 153 Å². The Morgan fingerprint density at radius 1 is 1.31 bits per heavy atom. The van der Waals surface area contributed by atoms with Crippen molar-refractivity contribution in [3.8, 4) is 11.3 Å². The summed E-state index contributed by atoms with van der Waals surface area (Å²) in [5.74, 6) is 0.731. The van der Waals surface area contributed by atoms with E-state index in [4.69, 9.17) is 4.74 Å². The highest BCUT2D eigenvalue weighted by Crippen LogP contribution is 2.32. The van der Waals surface area contributed by atoms with Crippen LogP contribution in [0.3, 0.4) is 0 Å². The van der Waals surface area contributed by atoms with Gasteiger partial charge in [-0.25, -0.2) is 9.78 Å². The van der Waals surface area contributed by atoms with Gasteiger partial charge in [-0.3, -0.25) is 4.90 Å². The topological polar surface area (TPSA) is 98.7 Å². The van der Waals surface area contributed by atoms with E-state index < -0.39 is 12.7 Å². The fourth-order valence-corrected chi connectivity index (χ4v) is 3.08. The molecule has 2 aromatic rings. The normalized spacial score (nSPS) is 17.4. The van der Waals surface area contributed by atoms with Crippen molar-refractivity contribution in [3.05, 3.63) is 36.3 Å².